The van der Waals surface area contributed by atoms with Gasteiger partial charge in [0.15, 0.2) is 0 Å². The number of halogens is 3. The van der Waals surface area contributed by atoms with Crippen LogP contribution < -0.4 is 4.74 Å². The first kappa shape index (κ1) is 9.64. The van der Waals surface area contributed by atoms with E-state index in [0.29, 0.717) is 5.56 Å². The van der Waals surface area contributed by atoms with Gasteiger partial charge in [-0.15, -0.1) is 0 Å². The summed E-state index contributed by atoms with van der Waals surface area (Å²) in [6, 6.07) is 3.34. The summed E-state index contributed by atoms with van der Waals surface area (Å²) in [6.45, 7) is 0.438. The Morgan fingerprint density at radius 1 is 1.31 bits per heavy atom. The highest BCUT2D eigenvalue weighted by atomic mass is 19.3. The lowest BCUT2D eigenvalue weighted by molar-refractivity contribution is -0.0499. The SMILES string of the molecule is C=Cc1cc(F)cc(OC(F)F)c1. The average Bonchev–Trinajstić information content (AvgIpc) is 2.01. The fourth-order valence-electron chi connectivity index (χ4n) is 0.873. The topological polar surface area (TPSA) is 9.23 Å². The van der Waals surface area contributed by atoms with Gasteiger partial charge in [0.05, 0.1) is 0 Å². The van der Waals surface area contributed by atoms with Crippen molar-refractivity contribution < 1.29 is 17.9 Å². The molecule has 1 aromatic carbocycles. The van der Waals surface area contributed by atoms with Crippen LogP contribution in [0, 0.1) is 5.82 Å². The molecule has 0 aromatic heterocycles. The molecular formula is C9H7F3O. The molecule has 0 aliphatic heterocycles. The smallest absolute Gasteiger partial charge is 0.387 e. The van der Waals surface area contributed by atoms with Crippen molar-refractivity contribution >= 4 is 6.08 Å². The molecule has 0 radical (unpaired) electrons. The average molecular weight is 188 g/mol. The van der Waals surface area contributed by atoms with E-state index in [1.54, 1.807) is 0 Å². The Labute approximate surface area is 73.4 Å². The molecule has 0 saturated carbocycles. The predicted molar refractivity (Wildman–Crippen MR) is 43.1 cm³/mol. The maximum atomic E-state index is 12.7. The number of ether oxygens (including phenoxy) is 1. The second kappa shape index (κ2) is 3.98. The fourth-order valence-corrected chi connectivity index (χ4v) is 0.873. The molecule has 1 aromatic rings. The van der Waals surface area contributed by atoms with Crippen LogP contribution in [0.5, 0.6) is 5.75 Å². The highest BCUT2D eigenvalue weighted by Gasteiger charge is 2.05. The van der Waals surface area contributed by atoms with Crippen LogP contribution >= 0.6 is 0 Å². The summed E-state index contributed by atoms with van der Waals surface area (Å²) in [7, 11) is 0. The summed E-state index contributed by atoms with van der Waals surface area (Å²) in [5, 5.41) is 0. The molecule has 0 spiro atoms. The number of alkyl halides is 2. The van der Waals surface area contributed by atoms with E-state index >= 15 is 0 Å². The molecule has 70 valence electrons. The van der Waals surface area contributed by atoms with Crippen LogP contribution in [0.4, 0.5) is 13.2 Å². The molecule has 0 heterocycles. The highest BCUT2D eigenvalue weighted by molar-refractivity contribution is 5.49. The van der Waals surface area contributed by atoms with Crippen molar-refractivity contribution in [3.05, 3.63) is 36.2 Å². The van der Waals surface area contributed by atoms with Gasteiger partial charge in [0, 0.05) is 6.07 Å². The van der Waals surface area contributed by atoms with Crippen LogP contribution in [0.2, 0.25) is 0 Å². The molecule has 13 heavy (non-hydrogen) atoms. The van der Waals surface area contributed by atoms with Crippen LogP contribution in [-0.2, 0) is 0 Å². The maximum Gasteiger partial charge on any atom is 0.387 e. The summed E-state index contributed by atoms with van der Waals surface area (Å²) in [5.41, 5.74) is 0.399. The largest absolute Gasteiger partial charge is 0.435 e. The molecule has 4 heteroatoms. The maximum absolute atomic E-state index is 12.7. The van der Waals surface area contributed by atoms with Crippen molar-refractivity contribution in [3.8, 4) is 5.75 Å². The summed E-state index contributed by atoms with van der Waals surface area (Å²) < 4.78 is 40.1. The van der Waals surface area contributed by atoms with E-state index in [0.717, 1.165) is 6.07 Å². The first-order chi connectivity index (χ1) is 6.11. The Hall–Kier alpha value is -1.45. The number of benzene rings is 1. The van der Waals surface area contributed by atoms with Crippen molar-refractivity contribution in [2.24, 2.45) is 0 Å². The fraction of sp³-hybridized carbons (Fsp3) is 0.111. The van der Waals surface area contributed by atoms with Gasteiger partial charge in [0.1, 0.15) is 11.6 Å². The zero-order chi connectivity index (χ0) is 9.84. The Morgan fingerprint density at radius 3 is 2.54 bits per heavy atom. The summed E-state index contributed by atoms with van der Waals surface area (Å²) in [4.78, 5) is 0. The standard InChI is InChI=1S/C9H7F3O/c1-2-6-3-7(10)5-8(4-6)13-9(11)12/h2-5,9H,1H2. The van der Waals surface area contributed by atoms with Crippen LogP contribution in [0.3, 0.4) is 0 Å². The van der Waals surface area contributed by atoms with Gasteiger partial charge in [-0.2, -0.15) is 8.78 Å². The summed E-state index contributed by atoms with van der Waals surface area (Å²) in [6.07, 6.45) is 1.35. The Bertz CT molecular complexity index is 310. The van der Waals surface area contributed by atoms with E-state index in [2.05, 4.69) is 11.3 Å². The van der Waals surface area contributed by atoms with Crippen LogP contribution in [0.25, 0.3) is 6.08 Å². The molecule has 1 nitrogen and oxygen atoms in total. The van der Waals surface area contributed by atoms with Gasteiger partial charge in [-0.05, 0) is 17.7 Å². The molecule has 0 bridgehead atoms. The van der Waals surface area contributed by atoms with Crippen molar-refractivity contribution in [1.82, 2.24) is 0 Å². The summed E-state index contributed by atoms with van der Waals surface area (Å²) >= 11 is 0. The number of hydrogen-bond acceptors (Lipinski definition) is 1. The van der Waals surface area contributed by atoms with Crippen molar-refractivity contribution in [2.45, 2.75) is 6.61 Å². The van der Waals surface area contributed by atoms with Crippen LogP contribution in [0.1, 0.15) is 5.56 Å². The van der Waals surface area contributed by atoms with Gasteiger partial charge in [0.2, 0.25) is 0 Å². The monoisotopic (exact) mass is 188 g/mol. The molecule has 0 amide bonds. The third kappa shape index (κ3) is 2.82. The number of hydrogen-bond donors (Lipinski definition) is 0. The normalized spacial score (nSPS) is 10.2. The van der Waals surface area contributed by atoms with E-state index < -0.39 is 12.4 Å². The third-order valence-corrected chi connectivity index (χ3v) is 1.35. The van der Waals surface area contributed by atoms with E-state index in [-0.39, 0.29) is 5.75 Å². The van der Waals surface area contributed by atoms with Crippen LogP contribution in [0.15, 0.2) is 24.8 Å². The molecule has 0 saturated heterocycles. The molecule has 0 N–H and O–H groups in total. The van der Waals surface area contributed by atoms with Crippen LogP contribution in [-0.4, -0.2) is 6.61 Å². The van der Waals surface area contributed by atoms with E-state index in [1.165, 1.54) is 18.2 Å². The van der Waals surface area contributed by atoms with E-state index in [4.69, 9.17) is 0 Å². The van der Waals surface area contributed by atoms with Gasteiger partial charge in [0.25, 0.3) is 0 Å². The minimum absolute atomic E-state index is 0.204. The zero-order valence-corrected chi connectivity index (χ0v) is 6.64. The Morgan fingerprint density at radius 2 is 2.00 bits per heavy atom. The van der Waals surface area contributed by atoms with Crippen molar-refractivity contribution in [3.63, 3.8) is 0 Å². The zero-order valence-electron chi connectivity index (χ0n) is 6.64. The van der Waals surface area contributed by atoms with E-state index in [1.807, 2.05) is 0 Å². The molecule has 1 rings (SSSR count). The van der Waals surface area contributed by atoms with Gasteiger partial charge in [-0.25, -0.2) is 4.39 Å². The lowest BCUT2D eigenvalue weighted by Crippen LogP contribution is -2.02. The minimum atomic E-state index is -2.94. The first-order valence-electron chi connectivity index (χ1n) is 3.49. The molecule has 0 aliphatic rings. The third-order valence-electron chi connectivity index (χ3n) is 1.35. The van der Waals surface area contributed by atoms with Crippen molar-refractivity contribution in [2.75, 3.05) is 0 Å². The molecule has 0 unspecified atom stereocenters. The quantitative estimate of drug-likeness (QED) is 0.708. The Balaban J connectivity index is 2.94. The van der Waals surface area contributed by atoms with E-state index in [9.17, 15) is 13.2 Å². The molecular weight excluding hydrogens is 181 g/mol. The molecule has 0 fully saturated rings. The van der Waals surface area contributed by atoms with Gasteiger partial charge >= 0.3 is 6.61 Å². The lowest BCUT2D eigenvalue weighted by Gasteiger charge is -2.04. The minimum Gasteiger partial charge on any atom is -0.435 e. The highest BCUT2D eigenvalue weighted by Crippen LogP contribution is 2.18. The van der Waals surface area contributed by atoms with Gasteiger partial charge in [-0.1, -0.05) is 12.7 Å². The lowest BCUT2D eigenvalue weighted by atomic mass is 10.2. The molecule has 0 aliphatic carbocycles. The van der Waals surface area contributed by atoms with Crippen molar-refractivity contribution in [1.29, 1.82) is 0 Å². The summed E-state index contributed by atoms with van der Waals surface area (Å²) in [5.74, 6) is -0.835. The first-order valence-corrected chi connectivity index (χ1v) is 3.49. The number of rotatable bonds is 3. The predicted octanol–water partition coefficient (Wildman–Crippen LogP) is 3.07. The second-order valence-corrected chi connectivity index (χ2v) is 2.30. The Kier molecular flexibility index (Phi) is 2.95. The second-order valence-electron chi connectivity index (χ2n) is 2.30. The van der Waals surface area contributed by atoms with Gasteiger partial charge < -0.3 is 4.74 Å². The molecule has 0 atom stereocenters. The van der Waals surface area contributed by atoms with Gasteiger partial charge in [-0.3, -0.25) is 0 Å².